The number of amides is 1. The SMILES string of the molecule is C[C@@H](Nc1cccc(NC(=O)CO)c1)c1ccc(Br)cc1. The van der Waals surface area contributed by atoms with Crippen LogP contribution in [0, 0.1) is 0 Å². The lowest BCUT2D eigenvalue weighted by atomic mass is 10.1. The highest BCUT2D eigenvalue weighted by atomic mass is 79.9. The van der Waals surface area contributed by atoms with Crippen LogP contribution in [-0.2, 0) is 4.79 Å². The maximum atomic E-state index is 11.2. The first-order valence-corrected chi connectivity index (χ1v) is 7.40. The first kappa shape index (κ1) is 15.5. The molecule has 5 heteroatoms. The Morgan fingerprint density at radius 2 is 1.86 bits per heavy atom. The maximum Gasteiger partial charge on any atom is 0.250 e. The van der Waals surface area contributed by atoms with Gasteiger partial charge in [0.15, 0.2) is 0 Å². The zero-order valence-corrected chi connectivity index (χ0v) is 13.2. The van der Waals surface area contributed by atoms with Crippen LogP contribution in [0.5, 0.6) is 0 Å². The third kappa shape index (κ3) is 4.58. The third-order valence-electron chi connectivity index (χ3n) is 3.04. The Kier molecular flexibility index (Phi) is 5.36. The summed E-state index contributed by atoms with van der Waals surface area (Å²) < 4.78 is 1.05. The van der Waals surface area contributed by atoms with Crippen molar-refractivity contribution in [2.24, 2.45) is 0 Å². The van der Waals surface area contributed by atoms with Gasteiger partial charge >= 0.3 is 0 Å². The van der Waals surface area contributed by atoms with Gasteiger partial charge in [0, 0.05) is 21.9 Å². The maximum absolute atomic E-state index is 11.2. The van der Waals surface area contributed by atoms with Gasteiger partial charge in [-0.25, -0.2) is 0 Å². The standard InChI is InChI=1S/C16H17BrN2O2/c1-11(12-5-7-13(17)8-6-12)18-14-3-2-4-15(9-14)19-16(21)10-20/h2-9,11,18,20H,10H2,1H3,(H,19,21)/t11-/m1/s1. The predicted octanol–water partition coefficient (Wildman–Crippen LogP) is 3.55. The fourth-order valence-corrected chi connectivity index (χ4v) is 2.24. The van der Waals surface area contributed by atoms with Gasteiger partial charge in [-0.15, -0.1) is 0 Å². The fraction of sp³-hybridized carbons (Fsp3) is 0.188. The summed E-state index contributed by atoms with van der Waals surface area (Å²) in [6.45, 7) is 1.55. The molecule has 0 spiro atoms. The van der Waals surface area contributed by atoms with Crippen LogP contribution in [0.4, 0.5) is 11.4 Å². The van der Waals surface area contributed by atoms with E-state index in [1.54, 1.807) is 6.07 Å². The van der Waals surface area contributed by atoms with E-state index in [2.05, 4.69) is 45.6 Å². The van der Waals surface area contributed by atoms with Gasteiger partial charge in [-0.3, -0.25) is 4.79 Å². The van der Waals surface area contributed by atoms with Crippen molar-refractivity contribution in [2.75, 3.05) is 17.2 Å². The second-order valence-electron chi connectivity index (χ2n) is 4.70. The van der Waals surface area contributed by atoms with Crippen molar-refractivity contribution in [3.05, 3.63) is 58.6 Å². The number of aliphatic hydroxyl groups is 1. The van der Waals surface area contributed by atoms with Crippen molar-refractivity contribution in [3.63, 3.8) is 0 Å². The van der Waals surface area contributed by atoms with E-state index < -0.39 is 12.5 Å². The minimum atomic E-state index is -0.521. The van der Waals surface area contributed by atoms with Crippen molar-refractivity contribution < 1.29 is 9.90 Å². The molecule has 1 atom stereocenters. The number of hydrogen-bond donors (Lipinski definition) is 3. The summed E-state index contributed by atoms with van der Waals surface area (Å²) in [5, 5.41) is 14.7. The monoisotopic (exact) mass is 348 g/mol. The molecule has 1 amide bonds. The van der Waals surface area contributed by atoms with Crippen LogP contribution in [0.1, 0.15) is 18.5 Å². The number of benzene rings is 2. The number of nitrogens with one attached hydrogen (secondary N) is 2. The summed E-state index contributed by atoms with van der Waals surface area (Å²) in [6.07, 6.45) is 0. The van der Waals surface area contributed by atoms with E-state index in [-0.39, 0.29) is 6.04 Å². The van der Waals surface area contributed by atoms with Crippen molar-refractivity contribution in [1.82, 2.24) is 0 Å². The van der Waals surface area contributed by atoms with Crippen LogP contribution < -0.4 is 10.6 Å². The Morgan fingerprint density at radius 3 is 2.52 bits per heavy atom. The molecule has 4 nitrogen and oxygen atoms in total. The minimum absolute atomic E-state index is 0.141. The lowest BCUT2D eigenvalue weighted by Crippen LogP contribution is -2.15. The van der Waals surface area contributed by atoms with Crippen LogP contribution in [0.25, 0.3) is 0 Å². The molecule has 2 aromatic carbocycles. The highest BCUT2D eigenvalue weighted by molar-refractivity contribution is 9.10. The van der Waals surface area contributed by atoms with Crippen LogP contribution in [-0.4, -0.2) is 17.6 Å². The number of carbonyl (C=O) groups is 1. The van der Waals surface area contributed by atoms with E-state index in [4.69, 9.17) is 5.11 Å². The lowest BCUT2D eigenvalue weighted by Gasteiger charge is -2.16. The molecule has 0 radical (unpaired) electrons. The van der Waals surface area contributed by atoms with Crippen LogP contribution in [0.3, 0.4) is 0 Å². The van der Waals surface area contributed by atoms with Gasteiger partial charge in [0.2, 0.25) is 5.91 Å². The summed E-state index contributed by atoms with van der Waals surface area (Å²) in [5.41, 5.74) is 2.73. The molecule has 0 bridgehead atoms. The second-order valence-corrected chi connectivity index (χ2v) is 5.62. The molecular formula is C16H17BrN2O2. The molecule has 2 aromatic rings. The molecule has 0 aliphatic heterocycles. The van der Waals surface area contributed by atoms with Crippen molar-refractivity contribution in [1.29, 1.82) is 0 Å². The number of carbonyl (C=O) groups excluding carboxylic acids is 1. The fourth-order valence-electron chi connectivity index (χ4n) is 1.97. The summed E-state index contributed by atoms with van der Waals surface area (Å²) in [7, 11) is 0. The average Bonchev–Trinajstić information content (AvgIpc) is 2.48. The van der Waals surface area contributed by atoms with E-state index in [1.165, 1.54) is 5.56 Å². The number of anilines is 2. The summed E-state index contributed by atoms with van der Waals surface area (Å²) >= 11 is 3.42. The summed E-state index contributed by atoms with van der Waals surface area (Å²) in [6, 6.07) is 15.7. The van der Waals surface area contributed by atoms with Crippen molar-refractivity contribution >= 4 is 33.2 Å². The molecular weight excluding hydrogens is 332 g/mol. The normalized spacial score (nSPS) is 11.8. The van der Waals surface area contributed by atoms with E-state index in [0.29, 0.717) is 5.69 Å². The van der Waals surface area contributed by atoms with E-state index in [0.717, 1.165) is 10.2 Å². The van der Waals surface area contributed by atoms with Crippen LogP contribution in [0.15, 0.2) is 53.0 Å². The zero-order valence-electron chi connectivity index (χ0n) is 11.6. The quantitative estimate of drug-likeness (QED) is 0.774. The molecule has 0 heterocycles. The highest BCUT2D eigenvalue weighted by Gasteiger charge is 2.06. The number of halogens is 1. The molecule has 0 aliphatic carbocycles. The Balaban J connectivity index is 2.06. The molecule has 0 fully saturated rings. The smallest absolute Gasteiger partial charge is 0.250 e. The molecule has 110 valence electrons. The number of hydrogen-bond acceptors (Lipinski definition) is 3. The van der Waals surface area contributed by atoms with Crippen molar-refractivity contribution in [2.45, 2.75) is 13.0 Å². The van der Waals surface area contributed by atoms with E-state index in [1.807, 2.05) is 30.3 Å². The van der Waals surface area contributed by atoms with Gasteiger partial charge < -0.3 is 15.7 Å². The van der Waals surface area contributed by atoms with Crippen molar-refractivity contribution in [3.8, 4) is 0 Å². The molecule has 0 aromatic heterocycles. The Morgan fingerprint density at radius 1 is 1.19 bits per heavy atom. The summed E-state index contributed by atoms with van der Waals surface area (Å²) in [4.78, 5) is 11.2. The Hall–Kier alpha value is -1.85. The molecule has 3 N–H and O–H groups in total. The molecule has 0 aliphatic rings. The first-order valence-electron chi connectivity index (χ1n) is 6.61. The van der Waals surface area contributed by atoms with Gasteiger partial charge in [0.1, 0.15) is 6.61 Å². The average molecular weight is 349 g/mol. The topological polar surface area (TPSA) is 61.4 Å². The van der Waals surface area contributed by atoms with Crippen LogP contribution >= 0.6 is 15.9 Å². The summed E-state index contributed by atoms with van der Waals surface area (Å²) in [5.74, 6) is -0.423. The van der Waals surface area contributed by atoms with Gasteiger partial charge in [0.05, 0.1) is 0 Å². The lowest BCUT2D eigenvalue weighted by molar-refractivity contribution is -0.118. The number of rotatable bonds is 5. The first-order chi connectivity index (χ1) is 10.1. The predicted molar refractivity (Wildman–Crippen MR) is 88.3 cm³/mol. The molecule has 0 saturated heterocycles. The Bertz CT molecular complexity index is 614. The molecule has 0 unspecified atom stereocenters. The second kappa shape index (κ2) is 7.24. The van der Waals surface area contributed by atoms with Gasteiger partial charge in [-0.05, 0) is 42.8 Å². The third-order valence-corrected chi connectivity index (χ3v) is 3.57. The Labute approximate surface area is 132 Å². The number of aliphatic hydroxyl groups excluding tert-OH is 1. The van der Waals surface area contributed by atoms with E-state index >= 15 is 0 Å². The van der Waals surface area contributed by atoms with Gasteiger partial charge in [-0.2, -0.15) is 0 Å². The molecule has 0 saturated carbocycles. The molecule has 21 heavy (non-hydrogen) atoms. The van der Waals surface area contributed by atoms with Gasteiger partial charge in [0.25, 0.3) is 0 Å². The van der Waals surface area contributed by atoms with Crippen LogP contribution in [0.2, 0.25) is 0 Å². The highest BCUT2D eigenvalue weighted by Crippen LogP contribution is 2.23. The van der Waals surface area contributed by atoms with Gasteiger partial charge in [-0.1, -0.05) is 34.1 Å². The van der Waals surface area contributed by atoms with E-state index in [9.17, 15) is 4.79 Å². The molecule has 2 rings (SSSR count). The largest absolute Gasteiger partial charge is 0.387 e. The minimum Gasteiger partial charge on any atom is -0.387 e. The zero-order chi connectivity index (χ0) is 15.2.